The number of pyridine rings is 1. The molecule has 0 unspecified atom stereocenters. The van der Waals surface area contributed by atoms with Crippen LogP contribution in [0.2, 0.25) is 0 Å². The van der Waals surface area contributed by atoms with E-state index >= 15 is 0 Å². The molecule has 0 bridgehead atoms. The fraction of sp³-hybridized carbons (Fsp3) is 0.381. The zero-order valence-electron chi connectivity index (χ0n) is 16.2. The van der Waals surface area contributed by atoms with Crippen molar-refractivity contribution < 1.29 is 14.3 Å². The molecule has 1 aromatic heterocycles. The number of methoxy groups -OCH3 is 1. The quantitative estimate of drug-likeness (QED) is 0.756. The minimum atomic E-state index is -0.0823. The number of carbonyl (C=O) groups excluding carboxylic acids is 2. The molecular weight excluding hydrogens is 374 g/mol. The second-order valence-corrected chi connectivity index (χ2v) is 7.53. The van der Waals surface area contributed by atoms with Crippen LogP contribution in [0.1, 0.15) is 33.6 Å². The van der Waals surface area contributed by atoms with E-state index in [1.165, 1.54) is 11.8 Å². The molecule has 2 heterocycles. The van der Waals surface area contributed by atoms with Crippen molar-refractivity contribution in [2.45, 2.75) is 17.9 Å². The number of hydrogen-bond acceptors (Lipinski definition) is 5. The molecule has 0 saturated carbocycles. The Balaban J connectivity index is 1.48. The molecule has 7 heteroatoms. The lowest BCUT2D eigenvalue weighted by molar-refractivity contribution is 0.0680. The number of ether oxygens (including phenoxy) is 1. The predicted molar refractivity (Wildman–Crippen MR) is 110 cm³/mol. The molecule has 6 nitrogen and oxygen atoms in total. The van der Waals surface area contributed by atoms with E-state index in [0.29, 0.717) is 36.7 Å². The Morgan fingerprint density at radius 1 is 1.21 bits per heavy atom. The normalized spacial score (nSPS) is 14.6. The number of aromatic nitrogens is 1. The van der Waals surface area contributed by atoms with E-state index in [0.717, 1.165) is 23.6 Å². The van der Waals surface area contributed by atoms with Crippen LogP contribution in [-0.2, 0) is 0 Å². The Morgan fingerprint density at radius 3 is 2.57 bits per heavy atom. The smallest absolute Gasteiger partial charge is 0.256 e. The Labute approximate surface area is 169 Å². The lowest BCUT2D eigenvalue weighted by Gasteiger charge is -2.32. The van der Waals surface area contributed by atoms with E-state index in [2.05, 4.69) is 10.3 Å². The summed E-state index contributed by atoms with van der Waals surface area (Å²) in [6, 6.07) is 10.7. The monoisotopic (exact) mass is 399 g/mol. The van der Waals surface area contributed by atoms with Crippen LogP contribution in [0.3, 0.4) is 0 Å². The largest absolute Gasteiger partial charge is 0.497 e. The average Bonchev–Trinajstić information content (AvgIpc) is 2.77. The van der Waals surface area contributed by atoms with Crippen molar-refractivity contribution in [1.82, 2.24) is 15.2 Å². The van der Waals surface area contributed by atoms with Gasteiger partial charge >= 0.3 is 0 Å². The molecule has 1 saturated heterocycles. The van der Waals surface area contributed by atoms with Gasteiger partial charge in [0.05, 0.1) is 12.7 Å². The summed E-state index contributed by atoms with van der Waals surface area (Å²) in [4.78, 5) is 31.2. The highest BCUT2D eigenvalue weighted by atomic mass is 32.2. The average molecular weight is 400 g/mol. The molecule has 1 fully saturated rings. The van der Waals surface area contributed by atoms with Crippen LogP contribution in [-0.4, -0.2) is 54.7 Å². The van der Waals surface area contributed by atoms with Gasteiger partial charge in [0.25, 0.3) is 11.8 Å². The van der Waals surface area contributed by atoms with Crippen LogP contribution in [0.5, 0.6) is 5.75 Å². The number of rotatable bonds is 6. The molecule has 28 heavy (non-hydrogen) atoms. The first-order chi connectivity index (χ1) is 13.6. The van der Waals surface area contributed by atoms with Crippen LogP contribution in [0.25, 0.3) is 0 Å². The molecular formula is C21H25N3O3S. The van der Waals surface area contributed by atoms with Crippen molar-refractivity contribution in [1.29, 1.82) is 0 Å². The molecule has 1 aromatic carbocycles. The van der Waals surface area contributed by atoms with Gasteiger partial charge in [-0.1, -0.05) is 0 Å². The van der Waals surface area contributed by atoms with Gasteiger partial charge < -0.3 is 15.0 Å². The molecule has 148 valence electrons. The van der Waals surface area contributed by atoms with E-state index in [1.54, 1.807) is 43.6 Å². The minimum Gasteiger partial charge on any atom is -0.497 e. The summed E-state index contributed by atoms with van der Waals surface area (Å²) in [6.45, 7) is 2.02. The van der Waals surface area contributed by atoms with Crippen molar-refractivity contribution in [2.75, 3.05) is 33.0 Å². The topological polar surface area (TPSA) is 71.5 Å². The van der Waals surface area contributed by atoms with E-state index in [4.69, 9.17) is 4.74 Å². The maximum atomic E-state index is 12.8. The summed E-state index contributed by atoms with van der Waals surface area (Å²) in [5.74, 6) is 1.06. The lowest BCUT2D eigenvalue weighted by atomic mass is 9.96. The van der Waals surface area contributed by atoms with Gasteiger partial charge in [-0.05, 0) is 61.4 Å². The number of thioether (sulfide) groups is 1. The van der Waals surface area contributed by atoms with Gasteiger partial charge in [0.2, 0.25) is 0 Å². The molecule has 1 aliphatic rings. The number of hydrogen-bond donors (Lipinski definition) is 1. The summed E-state index contributed by atoms with van der Waals surface area (Å²) in [5.41, 5.74) is 1.29. The van der Waals surface area contributed by atoms with Gasteiger partial charge in [-0.15, -0.1) is 11.8 Å². The Morgan fingerprint density at radius 2 is 1.93 bits per heavy atom. The number of carbonyl (C=O) groups is 2. The summed E-state index contributed by atoms with van der Waals surface area (Å²) >= 11 is 1.49. The highest BCUT2D eigenvalue weighted by molar-refractivity contribution is 7.98. The predicted octanol–water partition coefficient (Wildman–Crippen LogP) is 3.09. The van der Waals surface area contributed by atoms with Crippen LogP contribution < -0.4 is 10.1 Å². The number of likely N-dealkylation sites (tertiary alicyclic amines) is 1. The standard InChI is InChI=1S/C21H25N3O3S/c1-27-17-7-5-16(6-8-17)19(25)23-14-15-9-12-24(13-10-15)21(26)18-4-3-11-22-20(18)28-2/h3-8,11,15H,9-10,12-14H2,1-2H3,(H,23,25). The number of benzene rings is 1. The zero-order chi connectivity index (χ0) is 19.9. The van der Waals surface area contributed by atoms with Gasteiger partial charge in [0, 0.05) is 31.4 Å². The van der Waals surface area contributed by atoms with Crippen LogP contribution in [0.15, 0.2) is 47.6 Å². The second-order valence-electron chi connectivity index (χ2n) is 6.73. The van der Waals surface area contributed by atoms with Crippen molar-refractivity contribution >= 4 is 23.6 Å². The SMILES string of the molecule is COc1ccc(C(=O)NCC2CCN(C(=O)c3cccnc3SC)CC2)cc1. The van der Waals surface area contributed by atoms with Gasteiger partial charge in [0.1, 0.15) is 10.8 Å². The van der Waals surface area contributed by atoms with Crippen LogP contribution in [0.4, 0.5) is 0 Å². The molecule has 1 aliphatic heterocycles. The van der Waals surface area contributed by atoms with Crippen molar-refractivity contribution in [3.05, 3.63) is 53.7 Å². The van der Waals surface area contributed by atoms with Crippen molar-refractivity contribution in [3.8, 4) is 5.75 Å². The first-order valence-corrected chi connectivity index (χ1v) is 10.6. The Bertz CT molecular complexity index is 818. The fourth-order valence-electron chi connectivity index (χ4n) is 3.31. The maximum Gasteiger partial charge on any atom is 0.256 e. The van der Waals surface area contributed by atoms with E-state index in [9.17, 15) is 9.59 Å². The first-order valence-electron chi connectivity index (χ1n) is 9.33. The van der Waals surface area contributed by atoms with Crippen LogP contribution >= 0.6 is 11.8 Å². The van der Waals surface area contributed by atoms with E-state index in [1.807, 2.05) is 17.2 Å². The summed E-state index contributed by atoms with van der Waals surface area (Å²) in [6.07, 6.45) is 5.39. The third-order valence-corrected chi connectivity index (χ3v) is 5.71. The molecule has 3 rings (SSSR count). The highest BCUT2D eigenvalue weighted by Gasteiger charge is 2.25. The third kappa shape index (κ3) is 4.84. The summed E-state index contributed by atoms with van der Waals surface area (Å²) in [7, 11) is 1.60. The molecule has 0 aliphatic carbocycles. The van der Waals surface area contributed by atoms with Crippen molar-refractivity contribution in [3.63, 3.8) is 0 Å². The summed E-state index contributed by atoms with van der Waals surface area (Å²) < 4.78 is 5.11. The highest BCUT2D eigenvalue weighted by Crippen LogP contribution is 2.23. The Hall–Kier alpha value is -2.54. The van der Waals surface area contributed by atoms with Gasteiger partial charge in [0.15, 0.2) is 0 Å². The van der Waals surface area contributed by atoms with E-state index in [-0.39, 0.29) is 11.8 Å². The van der Waals surface area contributed by atoms with Gasteiger partial charge in [-0.2, -0.15) is 0 Å². The fourth-order valence-corrected chi connectivity index (χ4v) is 3.85. The molecule has 0 spiro atoms. The maximum absolute atomic E-state index is 12.8. The first kappa shape index (κ1) is 20.2. The van der Waals surface area contributed by atoms with Crippen molar-refractivity contribution in [2.24, 2.45) is 5.92 Å². The number of amides is 2. The number of nitrogens with zero attached hydrogens (tertiary/aromatic N) is 2. The van der Waals surface area contributed by atoms with Gasteiger partial charge in [-0.3, -0.25) is 9.59 Å². The van der Waals surface area contributed by atoms with Gasteiger partial charge in [-0.25, -0.2) is 4.98 Å². The molecule has 0 atom stereocenters. The minimum absolute atomic E-state index is 0.0400. The van der Waals surface area contributed by atoms with E-state index < -0.39 is 0 Å². The Kier molecular flexibility index (Phi) is 6.92. The summed E-state index contributed by atoms with van der Waals surface area (Å²) in [5, 5.41) is 3.77. The number of piperidine rings is 1. The lowest BCUT2D eigenvalue weighted by Crippen LogP contribution is -2.41. The molecule has 0 radical (unpaired) electrons. The molecule has 2 amide bonds. The number of nitrogens with one attached hydrogen (secondary N) is 1. The molecule has 2 aromatic rings. The third-order valence-electron chi connectivity index (χ3n) is 5.00. The second kappa shape index (κ2) is 9.59. The zero-order valence-corrected chi connectivity index (χ0v) is 17.0. The molecule has 1 N–H and O–H groups in total. The van der Waals surface area contributed by atoms with Crippen LogP contribution in [0, 0.1) is 5.92 Å².